The zero-order valence-corrected chi connectivity index (χ0v) is 5.88. The maximum Gasteiger partial charge on any atom is 0.550 e. The van der Waals surface area contributed by atoms with Gasteiger partial charge in [-0.1, -0.05) is 0 Å². The number of halogens is 7. The van der Waals surface area contributed by atoms with Crippen LogP contribution in [0.3, 0.4) is 0 Å². The Bertz CT molecular complexity index is 101. The van der Waals surface area contributed by atoms with Crippen LogP contribution < -0.4 is 0 Å². The highest BCUT2D eigenvalue weighted by molar-refractivity contribution is 7.72. The second-order valence-corrected chi connectivity index (χ2v) is 4.69. The Hall–Kier alpha value is -0.0783. The van der Waals surface area contributed by atoms with Crippen LogP contribution in [0, 0.1) is 0 Å². The van der Waals surface area contributed by atoms with Crippen molar-refractivity contribution in [3.8, 4) is 0 Å². The minimum absolute atomic E-state index is 4.25. The predicted octanol–water partition coefficient (Wildman–Crippen LogP) is 1.42. The van der Waals surface area contributed by atoms with E-state index in [-0.39, 0.29) is 0 Å². The van der Waals surface area contributed by atoms with Gasteiger partial charge in [0.25, 0.3) is 0 Å². The third-order valence-corrected chi connectivity index (χ3v) is 3.01. The van der Waals surface area contributed by atoms with E-state index in [1.165, 1.54) is 0 Å². The summed E-state index contributed by atoms with van der Waals surface area (Å²) in [6, 6.07) is 0. The highest BCUT2D eigenvalue weighted by atomic mass is 28.4. The lowest BCUT2D eigenvalue weighted by atomic mass is 10.4. The molecule has 0 unspecified atom stereocenters. The monoisotopic (exact) mass is 194 g/mol. The van der Waals surface area contributed by atoms with Crippen molar-refractivity contribution < 1.29 is 30.0 Å². The molecule has 0 aromatic rings. The van der Waals surface area contributed by atoms with Crippen molar-refractivity contribution in [3.63, 3.8) is 0 Å². The Morgan fingerprint density at radius 1 is 0.636 bits per heavy atom. The Labute approximate surface area is 59.7 Å². The lowest BCUT2D eigenvalue weighted by molar-refractivity contribution is 0.628. The summed E-state index contributed by atoms with van der Waals surface area (Å²) in [6.07, 6.45) is 0. The minimum atomic E-state index is -6.48. The van der Waals surface area contributed by atoms with E-state index < -0.39 is 28.6 Å². The van der Waals surface area contributed by atoms with Gasteiger partial charge in [-0.2, -0.15) is 0 Å². The summed E-state index contributed by atoms with van der Waals surface area (Å²) in [7, 11) is -6.48. The van der Waals surface area contributed by atoms with E-state index in [1.54, 1.807) is 0 Å². The normalized spacial score (nSPS) is 11.2. The van der Waals surface area contributed by atoms with Crippen molar-refractivity contribution in [3.05, 3.63) is 0 Å². The van der Waals surface area contributed by atoms with Gasteiger partial charge in [-0.3, -0.25) is 25.9 Å². The molecular weight excluding hydrogens is 194 g/mol. The van der Waals surface area contributed by atoms with Crippen molar-refractivity contribution in [2.45, 2.75) is 0 Å². The molecule has 0 rings (SSSR count). The molecule has 0 aliphatic carbocycles. The van der Waals surface area contributed by atoms with Gasteiger partial charge in [0.15, 0.2) is 0 Å². The summed E-state index contributed by atoms with van der Waals surface area (Å²) < 4.78 is 79.9. The van der Waals surface area contributed by atoms with Crippen LogP contribution in [0.15, 0.2) is 0 Å². The summed E-state index contributed by atoms with van der Waals surface area (Å²) in [5, 5.41) is 0. The molecular formula is B3F7Si. The zero-order chi connectivity index (χ0) is 9.23. The molecule has 0 bridgehead atoms. The highest BCUT2D eigenvalue weighted by Gasteiger charge is 2.73. The van der Waals surface area contributed by atoms with Gasteiger partial charge in [0.2, 0.25) is 0 Å². The van der Waals surface area contributed by atoms with Gasteiger partial charge in [-0.05, 0) is 0 Å². The third kappa shape index (κ3) is 1.94. The van der Waals surface area contributed by atoms with Crippen LogP contribution in [-0.4, -0.2) is 28.6 Å². The van der Waals surface area contributed by atoms with E-state index in [4.69, 9.17) is 0 Å². The molecule has 0 aliphatic rings. The average molecular weight is 194 g/mol. The van der Waals surface area contributed by atoms with Crippen molar-refractivity contribution >= 4 is 28.6 Å². The van der Waals surface area contributed by atoms with Crippen molar-refractivity contribution in [2.24, 2.45) is 0 Å². The fraction of sp³-hybridized carbons (Fsp3) is 0. The van der Waals surface area contributed by atoms with Gasteiger partial charge in [-0.25, -0.2) is 0 Å². The molecule has 0 aromatic carbocycles. The molecule has 0 saturated heterocycles. The van der Waals surface area contributed by atoms with Gasteiger partial charge >= 0.3 is 28.6 Å². The van der Waals surface area contributed by atoms with Crippen molar-refractivity contribution in [1.29, 1.82) is 0 Å². The molecule has 0 atom stereocenters. The van der Waals surface area contributed by atoms with Crippen LogP contribution >= 0.6 is 0 Å². The Kier molecular flexibility index (Phi) is 3.52. The van der Waals surface area contributed by atoms with Gasteiger partial charge in [0.05, 0.1) is 0 Å². The van der Waals surface area contributed by atoms with Crippen LogP contribution in [0.4, 0.5) is 30.0 Å². The van der Waals surface area contributed by atoms with Crippen LogP contribution in [0.5, 0.6) is 0 Å². The minimum Gasteiger partial charge on any atom is -0.318 e. The Balaban J connectivity index is 4.53. The van der Waals surface area contributed by atoms with E-state index in [0.717, 1.165) is 0 Å². The van der Waals surface area contributed by atoms with E-state index >= 15 is 0 Å². The summed E-state index contributed by atoms with van der Waals surface area (Å²) in [5.74, 6) is 0. The van der Waals surface area contributed by atoms with Crippen LogP contribution in [0.1, 0.15) is 0 Å². The van der Waals surface area contributed by atoms with Crippen LogP contribution in [-0.2, 0) is 0 Å². The summed E-state index contributed by atoms with van der Waals surface area (Å²) in [6.45, 7) is -12.7. The summed E-state index contributed by atoms with van der Waals surface area (Å²) in [5.41, 5.74) is 0. The molecule has 0 N–H and O–H groups in total. The molecule has 0 fully saturated rings. The lowest BCUT2D eigenvalue weighted by Crippen LogP contribution is -2.61. The molecule has 0 radical (unpaired) electrons. The molecule has 11 heteroatoms. The maximum absolute atomic E-state index is 12.0. The fourth-order valence-electron chi connectivity index (χ4n) is 0.286. The highest BCUT2D eigenvalue weighted by Crippen LogP contribution is 2.22. The second-order valence-electron chi connectivity index (χ2n) is 1.73. The molecule has 0 heterocycles. The number of hydrogen-bond donors (Lipinski definition) is 0. The first-order chi connectivity index (χ1) is 4.83. The van der Waals surface area contributed by atoms with Gasteiger partial charge in [0.1, 0.15) is 0 Å². The Morgan fingerprint density at radius 3 is 0.818 bits per heavy atom. The van der Waals surface area contributed by atoms with Crippen molar-refractivity contribution in [2.75, 3.05) is 0 Å². The summed E-state index contributed by atoms with van der Waals surface area (Å²) in [4.78, 5) is 0. The fourth-order valence-corrected chi connectivity index (χ4v) is 0.857. The van der Waals surface area contributed by atoms with E-state index in [2.05, 4.69) is 0 Å². The first-order valence-electron chi connectivity index (χ1n) is 2.36. The molecule has 0 aliphatic heterocycles. The molecule has 0 nitrogen and oxygen atoms in total. The van der Waals surface area contributed by atoms with Gasteiger partial charge in [-0.15, -0.1) is 0 Å². The number of hydrogen-bond acceptors (Lipinski definition) is 0. The second kappa shape index (κ2) is 3.55. The zero-order valence-electron chi connectivity index (χ0n) is 4.88. The number of rotatable bonds is 3. The molecule has 0 spiro atoms. The van der Waals surface area contributed by atoms with Crippen LogP contribution in [0.2, 0.25) is 0 Å². The topological polar surface area (TPSA) is 0 Å². The Morgan fingerprint density at radius 2 is 0.818 bits per heavy atom. The van der Waals surface area contributed by atoms with E-state index in [9.17, 15) is 30.0 Å². The quantitative estimate of drug-likeness (QED) is 0.361. The molecule has 0 aromatic heterocycles. The smallest absolute Gasteiger partial charge is 0.318 e. The molecule has 0 amide bonds. The average Bonchev–Trinajstić information content (AvgIpc) is 1.84. The maximum atomic E-state index is 12.0. The molecule has 62 valence electrons. The van der Waals surface area contributed by atoms with E-state index in [0.29, 0.717) is 0 Å². The first kappa shape index (κ1) is 10.9. The third-order valence-electron chi connectivity index (χ3n) is 1.00. The van der Waals surface area contributed by atoms with E-state index in [1.807, 2.05) is 0 Å². The predicted molar refractivity (Wildman–Crippen MR) is 30.8 cm³/mol. The first-order valence-corrected chi connectivity index (χ1v) is 4.47. The summed E-state index contributed by atoms with van der Waals surface area (Å²) >= 11 is 0. The largest absolute Gasteiger partial charge is 0.550 e. The molecule has 0 saturated carbocycles. The van der Waals surface area contributed by atoms with Gasteiger partial charge in [0, 0.05) is 0 Å². The standard InChI is InChI=1S/B3F7Si/c4-1(5)11(10,2(6)7)3(8)9. The molecule has 11 heavy (non-hydrogen) atoms. The van der Waals surface area contributed by atoms with Crippen LogP contribution in [0.25, 0.3) is 0 Å². The lowest BCUT2D eigenvalue weighted by Gasteiger charge is -2.10. The van der Waals surface area contributed by atoms with Crippen molar-refractivity contribution in [1.82, 2.24) is 0 Å². The van der Waals surface area contributed by atoms with Gasteiger partial charge < -0.3 is 4.11 Å². The SMILES string of the molecule is FB(F)[Si](F)(B(F)F)B(F)F.